The van der Waals surface area contributed by atoms with Crippen LogP contribution >= 0.6 is 0 Å². The molecule has 1 aromatic heterocycles. The molecule has 0 unspecified atom stereocenters. The Labute approximate surface area is 168 Å². The second kappa shape index (κ2) is 8.71. The molecule has 0 aliphatic heterocycles. The lowest BCUT2D eigenvalue weighted by Gasteiger charge is -2.12. The highest BCUT2D eigenvalue weighted by Gasteiger charge is 2.11. The van der Waals surface area contributed by atoms with Crippen molar-refractivity contribution in [2.45, 2.75) is 0 Å². The Morgan fingerprint density at radius 2 is 1.48 bits per heavy atom. The average molecular weight is 382 g/mol. The van der Waals surface area contributed by atoms with E-state index in [9.17, 15) is 4.79 Å². The lowest BCUT2D eigenvalue weighted by atomic mass is 10.2. The molecular formula is C24H18N2O3. The molecule has 5 nitrogen and oxygen atoms in total. The third-order valence-electron chi connectivity index (χ3n) is 4.06. The molecule has 3 aromatic carbocycles. The van der Waals surface area contributed by atoms with Crippen LogP contribution in [0.5, 0.6) is 23.1 Å². The van der Waals surface area contributed by atoms with Gasteiger partial charge in [0, 0.05) is 17.8 Å². The number of rotatable bonds is 6. The number of amides is 1. The summed E-state index contributed by atoms with van der Waals surface area (Å²) in [5.74, 6) is 1.99. The molecule has 0 radical (unpaired) electrons. The highest BCUT2D eigenvalue weighted by atomic mass is 16.5. The Balaban J connectivity index is 1.51. The number of hydrogen-bond donors (Lipinski definition) is 1. The smallest absolute Gasteiger partial charge is 0.255 e. The summed E-state index contributed by atoms with van der Waals surface area (Å²) in [6.45, 7) is 0. The fourth-order valence-corrected chi connectivity index (χ4v) is 2.70. The van der Waals surface area contributed by atoms with Crippen LogP contribution in [0.25, 0.3) is 0 Å². The zero-order chi connectivity index (χ0) is 19.9. The number of pyridine rings is 1. The number of carbonyl (C=O) groups is 1. The van der Waals surface area contributed by atoms with Crippen LogP contribution in [0.2, 0.25) is 0 Å². The third-order valence-corrected chi connectivity index (χ3v) is 4.06. The SMILES string of the molecule is O=C(Nc1ccccc1Oc1ccccc1)c1cccc(Oc2ccccn2)c1. The molecule has 29 heavy (non-hydrogen) atoms. The second-order valence-electron chi connectivity index (χ2n) is 6.16. The van der Waals surface area contributed by atoms with Crippen molar-refractivity contribution in [3.63, 3.8) is 0 Å². The van der Waals surface area contributed by atoms with Crippen molar-refractivity contribution >= 4 is 11.6 Å². The summed E-state index contributed by atoms with van der Waals surface area (Å²) in [5.41, 5.74) is 1.05. The van der Waals surface area contributed by atoms with E-state index in [-0.39, 0.29) is 5.91 Å². The number of hydrogen-bond acceptors (Lipinski definition) is 4. The Hall–Kier alpha value is -4.12. The Kier molecular flexibility index (Phi) is 5.48. The summed E-state index contributed by atoms with van der Waals surface area (Å²) in [5, 5.41) is 2.90. The lowest BCUT2D eigenvalue weighted by molar-refractivity contribution is 0.102. The molecule has 0 spiro atoms. The van der Waals surface area contributed by atoms with E-state index in [1.807, 2.05) is 60.7 Å². The second-order valence-corrected chi connectivity index (χ2v) is 6.16. The summed E-state index contributed by atoms with van der Waals surface area (Å²) in [6.07, 6.45) is 1.65. The maximum atomic E-state index is 12.8. The maximum absolute atomic E-state index is 12.8. The quantitative estimate of drug-likeness (QED) is 0.450. The molecule has 0 aliphatic carbocycles. The van der Waals surface area contributed by atoms with Crippen molar-refractivity contribution in [3.8, 4) is 23.1 Å². The molecule has 0 saturated heterocycles. The van der Waals surface area contributed by atoms with Crippen molar-refractivity contribution in [3.05, 3.63) is 109 Å². The van der Waals surface area contributed by atoms with E-state index >= 15 is 0 Å². The van der Waals surface area contributed by atoms with Crippen molar-refractivity contribution in [1.29, 1.82) is 0 Å². The molecule has 4 aromatic rings. The molecule has 5 heteroatoms. The van der Waals surface area contributed by atoms with Crippen LogP contribution in [0.1, 0.15) is 10.4 Å². The molecule has 142 valence electrons. The van der Waals surface area contributed by atoms with E-state index in [0.29, 0.717) is 34.4 Å². The topological polar surface area (TPSA) is 60.5 Å². The van der Waals surface area contributed by atoms with E-state index in [4.69, 9.17) is 9.47 Å². The highest BCUT2D eigenvalue weighted by Crippen LogP contribution is 2.30. The van der Waals surface area contributed by atoms with Crippen LogP contribution in [0, 0.1) is 0 Å². The van der Waals surface area contributed by atoms with E-state index in [1.165, 1.54) is 0 Å². The molecular weight excluding hydrogens is 364 g/mol. The number of aromatic nitrogens is 1. The van der Waals surface area contributed by atoms with Crippen LogP contribution in [0.3, 0.4) is 0 Å². The number of nitrogens with one attached hydrogen (secondary N) is 1. The average Bonchev–Trinajstić information content (AvgIpc) is 2.77. The van der Waals surface area contributed by atoms with Gasteiger partial charge in [-0.3, -0.25) is 4.79 Å². The van der Waals surface area contributed by atoms with Crippen molar-refractivity contribution < 1.29 is 14.3 Å². The van der Waals surface area contributed by atoms with Gasteiger partial charge in [0.1, 0.15) is 11.5 Å². The van der Waals surface area contributed by atoms with Gasteiger partial charge in [0.15, 0.2) is 5.75 Å². The lowest BCUT2D eigenvalue weighted by Crippen LogP contribution is -2.12. The largest absolute Gasteiger partial charge is 0.455 e. The summed E-state index contributed by atoms with van der Waals surface area (Å²) < 4.78 is 11.6. The molecule has 0 aliphatic rings. The number of para-hydroxylation sites is 3. The van der Waals surface area contributed by atoms with E-state index in [1.54, 1.807) is 42.6 Å². The first-order chi connectivity index (χ1) is 14.3. The third kappa shape index (κ3) is 4.78. The summed E-state index contributed by atoms with van der Waals surface area (Å²) in [4.78, 5) is 16.9. The van der Waals surface area contributed by atoms with E-state index < -0.39 is 0 Å². The summed E-state index contributed by atoms with van der Waals surface area (Å²) in [7, 11) is 0. The van der Waals surface area contributed by atoms with E-state index in [2.05, 4.69) is 10.3 Å². The molecule has 1 heterocycles. The van der Waals surface area contributed by atoms with Crippen LogP contribution in [-0.2, 0) is 0 Å². The van der Waals surface area contributed by atoms with Crippen LogP contribution in [0.15, 0.2) is 103 Å². The van der Waals surface area contributed by atoms with Gasteiger partial charge in [0.05, 0.1) is 5.69 Å². The Bertz CT molecular complexity index is 1100. The Morgan fingerprint density at radius 3 is 2.31 bits per heavy atom. The monoisotopic (exact) mass is 382 g/mol. The molecule has 0 fully saturated rings. The van der Waals surface area contributed by atoms with Gasteiger partial charge >= 0.3 is 0 Å². The van der Waals surface area contributed by atoms with Crippen LogP contribution in [-0.4, -0.2) is 10.9 Å². The predicted octanol–water partition coefficient (Wildman–Crippen LogP) is 5.92. The maximum Gasteiger partial charge on any atom is 0.255 e. The summed E-state index contributed by atoms with van der Waals surface area (Å²) >= 11 is 0. The van der Waals surface area contributed by atoms with Crippen molar-refractivity contribution in [1.82, 2.24) is 4.98 Å². The summed E-state index contributed by atoms with van der Waals surface area (Å²) in [6, 6.07) is 29.1. The molecule has 4 rings (SSSR count). The number of carbonyl (C=O) groups excluding carboxylic acids is 1. The first-order valence-electron chi connectivity index (χ1n) is 9.10. The fourth-order valence-electron chi connectivity index (χ4n) is 2.70. The number of nitrogens with zero attached hydrogens (tertiary/aromatic N) is 1. The van der Waals surface area contributed by atoms with Crippen molar-refractivity contribution in [2.75, 3.05) is 5.32 Å². The van der Waals surface area contributed by atoms with Gasteiger partial charge in [-0.25, -0.2) is 4.98 Å². The highest BCUT2D eigenvalue weighted by molar-refractivity contribution is 6.05. The zero-order valence-corrected chi connectivity index (χ0v) is 15.5. The van der Waals surface area contributed by atoms with Crippen LogP contribution < -0.4 is 14.8 Å². The minimum absolute atomic E-state index is 0.263. The molecule has 1 N–H and O–H groups in total. The van der Waals surface area contributed by atoms with E-state index in [0.717, 1.165) is 0 Å². The number of benzene rings is 3. The van der Waals surface area contributed by atoms with Gasteiger partial charge < -0.3 is 14.8 Å². The number of ether oxygens (including phenoxy) is 2. The van der Waals surface area contributed by atoms with Gasteiger partial charge in [0.2, 0.25) is 5.88 Å². The minimum Gasteiger partial charge on any atom is -0.455 e. The molecule has 1 amide bonds. The molecule has 0 saturated carbocycles. The van der Waals surface area contributed by atoms with Crippen LogP contribution in [0.4, 0.5) is 5.69 Å². The van der Waals surface area contributed by atoms with Gasteiger partial charge in [0.25, 0.3) is 5.91 Å². The standard InChI is InChI=1S/C24H18N2O3/c27-24(18-9-8-12-20(17-18)29-23-15-6-7-16-25-23)26-21-13-4-5-14-22(21)28-19-10-2-1-3-11-19/h1-17H,(H,26,27). The fraction of sp³-hybridized carbons (Fsp3) is 0. The Morgan fingerprint density at radius 1 is 0.724 bits per heavy atom. The predicted molar refractivity (Wildman–Crippen MR) is 112 cm³/mol. The zero-order valence-electron chi connectivity index (χ0n) is 15.5. The van der Waals surface area contributed by atoms with Gasteiger partial charge in [-0.2, -0.15) is 0 Å². The molecule has 0 atom stereocenters. The first kappa shape index (κ1) is 18.3. The normalized spacial score (nSPS) is 10.2. The van der Waals surface area contributed by atoms with Gasteiger partial charge in [-0.1, -0.05) is 42.5 Å². The first-order valence-corrected chi connectivity index (χ1v) is 9.10. The van der Waals surface area contributed by atoms with Gasteiger partial charge in [-0.15, -0.1) is 0 Å². The van der Waals surface area contributed by atoms with Crippen molar-refractivity contribution in [2.24, 2.45) is 0 Å². The minimum atomic E-state index is -0.263. The number of anilines is 1. The van der Waals surface area contributed by atoms with Gasteiger partial charge in [-0.05, 0) is 48.5 Å². The molecule has 0 bridgehead atoms.